The number of fused-ring (bicyclic) bond motifs is 6. The van der Waals surface area contributed by atoms with Crippen LogP contribution in [0.5, 0.6) is 0 Å². The lowest BCUT2D eigenvalue weighted by atomic mass is 10.1. The molecule has 0 saturated heterocycles. The van der Waals surface area contributed by atoms with Gasteiger partial charge < -0.3 is 9.13 Å². The maximum atomic E-state index is 5.30. The van der Waals surface area contributed by atoms with Crippen LogP contribution in [-0.4, -0.2) is 19.1 Å². The molecule has 38 heavy (non-hydrogen) atoms. The van der Waals surface area contributed by atoms with Crippen molar-refractivity contribution >= 4 is 44.0 Å². The molecule has 0 radical (unpaired) electrons. The summed E-state index contributed by atoms with van der Waals surface area (Å²) in [5, 5.41) is 1.14. The molecule has 0 fully saturated rings. The molecule has 4 nitrogen and oxygen atoms in total. The summed E-state index contributed by atoms with van der Waals surface area (Å²) in [5.41, 5.74) is 11.7. The summed E-state index contributed by atoms with van der Waals surface area (Å²) >= 11 is 0. The standard InChI is InChI=1S/C34H22N4/c1-3-11-23(12-4-1)24-13-9-16-26(21-24)38-29-19-10-20-35-33(29)34-31(38)22-30-32(36-34)27-17-7-8-18-28(27)37(30)25-14-5-2-6-15-25/h1-22H. The van der Waals surface area contributed by atoms with E-state index in [4.69, 9.17) is 9.97 Å². The molecule has 0 spiro atoms. The largest absolute Gasteiger partial charge is 0.308 e. The van der Waals surface area contributed by atoms with Crippen LogP contribution in [0.1, 0.15) is 0 Å². The molecule has 0 N–H and O–H groups in total. The van der Waals surface area contributed by atoms with Gasteiger partial charge in [-0.2, -0.15) is 0 Å². The number of rotatable bonds is 3. The zero-order chi connectivity index (χ0) is 25.1. The van der Waals surface area contributed by atoms with Crippen LogP contribution in [0.3, 0.4) is 0 Å². The summed E-state index contributed by atoms with van der Waals surface area (Å²) < 4.78 is 4.61. The number of hydrogen-bond acceptors (Lipinski definition) is 2. The summed E-state index contributed by atoms with van der Waals surface area (Å²) in [6.45, 7) is 0. The summed E-state index contributed by atoms with van der Waals surface area (Å²) in [7, 11) is 0. The smallest absolute Gasteiger partial charge is 0.116 e. The number of pyridine rings is 2. The lowest BCUT2D eigenvalue weighted by molar-refractivity contribution is 1.16. The molecule has 0 amide bonds. The van der Waals surface area contributed by atoms with Gasteiger partial charge in [-0.3, -0.25) is 4.98 Å². The van der Waals surface area contributed by atoms with E-state index in [1.165, 1.54) is 11.1 Å². The maximum absolute atomic E-state index is 5.30. The molecule has 0 saturated carbocycles. The molecule has 0 aliphatic rings. The van der Waals surface area contributed by atoms with Crippen molar-refractivity contribution in [3.8, 4) is 22.5 Å². The minimum Gasteiger partial charge on any atom is -0.308 e. The quantitative estimate of drug-likeness (QED) is 0.252. The Kier molecular flexibility index (Phi) is 4.49. The van der Waals surface area contributed by atoms with E-state index in [9.17, 15) is 0 Å². The number of para-hydroxylation sites is 2. The Bertz CT molecular complexity index is 2120. The van der Waals surface area contributed by atoms with Gasteiger partial charge in [0.05, 0.1) is 27.6 Å². The van der Waals surface area contributed by atoms with E-state index in [2.05, 4.69) is 130 Å². The van der Waals surface area contributed by atoms with Crippen LogP contribution in [-0.2, 0) is 0 Å². The monoisotopic (exact) mass is 486 g/mol. The van der Waals surface area contributed by atoms with E-state index in [0.717, 1.165) is 55.4 Å². The van der Waals surface area contributed by atoms with Crippen molar-refractivity contribution in [1.29, 1.82) is 0 Å². The highest BCUT2D eigenvalue weighted by atomic mass is 15.0. The Morgan fingerprint density at radius 1 is 0.421 bits per heavy atom. The Balaban J connectivity index is 1.50. The van der Waals surface area contributed by atoms with Crippen LogP contribution < -0.4 is 0 Å². The third kappa shape index (κ3) is 3.04. The lowest BCUT2D eigenvalue weighted by Gasteiger charge is -2.11. The number of benzene rings is 4. The molecule has 8 rings (SSSR count). The van der Waals surface area contributed by atoms with E-state index in [1.54, 1.807) is 0 Å². The predicted molar refractivity (Wildman–Crippen MR) is 156 cm³/mol. The Hall–Kier alpha value is -5.22. The Morgan fingerprint density at radius 2 is 1.08 bits per heavy atom. The zero-order valence-corrected chi connectivity index (χ0v) is 20.5. The molecule has 0 unspecified atom stereocenters. The van der Waals surface area contributed by atoms with Gasteiger partial charge in [0.15, 0.2) is 0 Å². The zero-order valence-electron chi connectivity index (χ0n) is 20.5. The number of nitrogens with zero attached hydrogens (tertiary/aromatic N) is 4. The highest BCUT2D eigenvalue weighted by Gasteiger charge is 2.20. The van der Waals surface area contributed by atoms with Gasteiger partial charge in [0.1, 0.15) is 11.0 Å². The Morgan fingerprint density at radius 3 is 1.95 bits per heavy atom. The van der Waals surface area contributed by atoms with E-state index in [1.807, 2.05) is 12.3 Å². The van der Waals surface area contributed by atoms with Crippen LogP contribution in [0, 0.1) is 0 Å². The molecule has 4 heteroatoms. The molecular weight excluding hydrogens is 464 g/mol. The van der Waals surface area contributed by atoms with Crippen molar-refractivity contribution in [3.63, 3.8) is 0 Å². The molecule has 178 valence electrons. The van der Waals surface area contributed by atoms with E-state index in [0.29, 0.717) is 0 Å². The number of hydrogen-bond donors (Lipinski definition) is 0. The number of aromatic nitrogens is 4. The summed E-state index contributed by atoms with van der Waals surface area (Å²) in [6.07, 6.45) is 1.85. The van der Waals surface area contributed by atoms with E-state index < -0.39 is 0 Å². The van der Waals surface area contributed by atoms with Gasteiger partial charge in [0.2, 0.25) is 0 Å². The minimum atomic E-state index is 0.908. The fourth-order valence-corrected chi connectivity index (χ4v) is 5.68. The maximum Gasteiger partial charge on any atom is 0.116 e. The van der Waals surface area contributed by atoms with E-state index in [-0.39, 0.29) is 0 Å². The first-order valence-corrected chi connectivity index (χ1v) is 12.8. The highest BCUT2D eigenvalue weighted by Crippen LogP contribution is 2.37. The first-order chi connectivity index (χ1) is 18.9. The normalized spacial score (nSPS) is 11.7. The van der Waals surface area contributed by atoms with Gasteiger partial charge in [0, 0.05) is 23.0 Å². The van der Waals surface area contributed by atoms with Crippen molar-refractivity contribution in [2.45, 2.75) is 0 Å². The SMILES string of the molecule is c1ccc(-c2cccc(-n3c4cccnc4c4nc5c6ccccc6n(-c6ccccc6)c5cc43)c2)cc1. The first-order valence-electron chi connectivity index (χ1n) is 12.8. The van der Waals surface area contributed by atoms with Crippen molar-refractivity contribution in [2.75, 3.05) is 0 Å². The molecule has 8 aromatic rings. The summed E-state index contributed by atoms with van der Waals surface area (Å²) in [6, 6.07) is 44.6. The van der Waals surface area contributed by atoms with Crippen LogP contribution >= 0.6 is 0 Å². The second-order valence-electron chi connectivity index (χ2n) is 9.53. The molecule has 0 bridgehead atoms. The Labute approximate surface area is 219 Å². The second kappa shape index (κ2) is 8.15. The predicted octanol–water partition coefficient (Wildman–Crippen LogP) is 8.34. The van der Waals surface area contributed by atoms with Crippen molar-refractivity contribution in [1.82, 2.24) is 19.1 Å². The fourth-order valence-electron chi connectivity index (χ4n) is 5.68. The second-order valence-corrected chi connectivity index (χ2v) is 9.53. The van der Waals surface area contributed by atoms with Crippen molar-refractivity contribution < 1.29 is 0 Å². The van der Waals surface area contributed by atoms with Gasteiger partial charge in [-0.05, 0) is 59.7 Å². The van der Waals surface area contributed by atoms with Crippen LogP contribution in [0.25, 0.3) is 66.5 Å². The average Bonchev–Trinajstić information content (AvgIpc) is 3.49. The van der Waals surface area contributed by atoms with Gasteiger partial charge in [-0.25, -0.2) is 4.98 Å². The van der Waals surface area contributed by atoms with Gasteiger partial charge in [-0.15, -0.1) is 0 Å². The van der Waals surface area contributed by atoms with Gasteiger partial charge >= 0.3 is 0 Å². The van der Waals surface area contributed by atoms with Crippen molar-refractivity contribution in [2.24, 2.45) is 0 Å². The molecule has 4 aromatic carbocycles. The third-order valence-electron chi connectivity index (χ3n) is 7.34. The third-order valence-corrected chi connectivity index (χ3v) is 7.34. The average molecular weight is 487 g/mol. The summed E-state index contributed by atoms with van der Waals surface area (Å²) in [4.78, 5) is 10.1. The van der Waals surface area contributed by atoms with Crippen LogP contribution in [0.15, 0.2) is 134 Å². The topological polar surface area (TPSA) is 35.6 Å². The van der Waals surface area contributed by atoms with Crippen LogP contribution in [0.4, 0.5) is 0 Å². The molecular formula is C34H22N4. The molecule has 0 atom stereocenters. The highest BCUT2D eigenvalue weighted by molar-refractivity contribution is 6.14. The van der Waals surface area contributed by atoms with Crippen LogP contribution in [0.2, 0.25) is 0 Å². The fraction of sp³-hybridized carbons (Fsp3) is 0. The molecule has 0 aliphatic heterocycles. The molecule has 4 heterocycles. The lowest BCUT2D eigenvalue weighted by Crippen LogP contribution is -1.96. The van der Waals surface area contributed by atoms with E-state index >= 15 is 0 Å². The molecule has 4 aromatic heterocycles. The molecule has 0 aliphatic carbocycles. The minimum absolute atomic E-state index is 0.908. The summed E-state index contributed by atoms with van der Waals surface area (Å²) in [5.74, 6) is 0. The van der Waals surface area contributed by atoms with Gasteiger partial charge in [0.25, 0.3) is 0 Å². The first kappa shape index (κ1) is 20.9. The van der Waals surface area contributed by atoms with Crippen molar-refractivity contribution in [3.05, 3.63) is 134 Å². The van der Waals surface area contributed by atoms with Gasteiger partial charge in [-0.1, -0.05) is 78.9 Å².